The van der Waals surface area contributed by atoms with Gasteiger partial charge in [0.2, 0.25) is 5.91 Å². The number of rotatable bonds is 3. The van der Waals surface area contributed by atoms with Gasteiger partial charge in [0.25, 0.3) is 0 Å². The minimum absolute atomic E-state index is 0.102. The fourth-order valence-corrected chi connectivity index (χ4v) is 2.67. The minimum Gasteiger partial charge on any atom is -0.336 e. The smallest absolute Gasteiger partial charge is 0.223 e. The zero-order chi connectivity index (χ0) is 13.2. The third-order valence-corrected chi connectivity index (χ3v) is 3.59. The van der Waals surface area contributed by atoms with Gasteiger partial charge in [0.15, 0.2) is 0 Å². The Bertz CT molecular complexity index is 416. The van der Waals surface area contributed by atoms with Crippen molar-refractivity contribution in [2.75, 3.05) is 6.54 Å². The van der Waals surface area contributed by atoms with Gasteiger partial charge >= 0.3 is 0 Å². The first kappa shape index (κ1) is 13.0. The van der Waals surface area contributed by atoms with Gasteiger partial charge in [0.1, 0.15) is 0 Å². The largest absolute Gasteiger partial charge is 0.336 e. The number of nitrogens with two attached hydrogens (primary N) is 1. The number of likely N-dealkylation sites (tertiary alicyclic amines) is 1. The van der Waals surface area contributed by atoms with Crippen LogP contribution in [0.15, 0.2) is 24.5 Å². The van der Waals surface area contributed by atoms with Gasteiger partial charge in [0.05, 0.1) is 0 Å². The van der Waals surface area contributed by atoms with E-state index < -0.39 is 0 Å². The van der Waals surface area contributed by atoms with E-state index in [-0.39, 0.29) is 17.5 Å². The summed E-state index contributed by atoms with van der Waals surface area (Å²) in [6.07, 6.45) is 5.71. The second-order valence-electron chi connectivity index (χ2n) is 5.64. The summed E-state index contributed by atoms with van der Waals surface area (Å²) in [4.78, 5) is 18.1. The van der Waals surface area contributed by atoms with Gasteiger partial charge in [-0.2, -0.15) is 0 Å². The van der Waals surface area contributed by atoms with E-state index in [4.69, 9.17) is 5.73 Å². The molecule has 0 aromatic carbocycles. The maximum Gasteiger partial charge on any atom is 0.223 e. The maximum atomic E-state index is 12.2. The molecular formula is C14H21N3O. The van der Waals surface area contributed by atoms with Crippen LogP contribution in [0.25, 0.3) is 0 Å². The lowest BCUT2D eigenvalue weighted by atomic mass is 10.00. The van der Waals surface area contributed by atoms with Crippen LogP contribution < -0.4 is 5.73 Å². The lowest BCUT2D eigenvalue weighted by molar-refractivity contribution is -0.134. The average molecular weight is 247 g/mol. The summed E-state index contributed by atoms with van der Waals surface area (Å²) in [6.45, 7) is 4.86. The maximum absolute atomic E-state index is 12.2. The molecule has 0 saturated carbocycles. The Labute approximate surface area is 108 Å². The van der Waals surface area contributed by atoms with E-state index in [0.29, 0.717) is 13.0 Å². The van der Waals surface area contributed by atoms with E-state index in [1.807, 2.05) is 17.0 Å². The number of hydrogen-bond acceptors (Lipinski definition) is 3. The first-order chi connectivity index (χ1) is 8.49. The van der Waals surface area contributed by atoms with E-state index in [2.05, 4.69) is 18.8 Å². The van der Waals surface area contributed by atoms with Crippen LogP contribution in [0.4, 0.5) is 0 Å². The molecule has 1 aromatic heterocycles. The van der Waals surface area contributed by atoms with Crippen LogP contribution in [0.1, 0.15) is 32.3 Å². The van der Waals surface area contributed by atoms with E-state index in [9.17, 15) is 4.79 Å². The number of carbonyl (C=O) groups excluding carboxylic acids is 1. The van der Waals surface area contributed by atoms with Crippen molar-refractivity contribution >= 4 is 5.91 Å². The first-order valence-corrected chi connectivity index (χ1v) is 6.44. The summed E-state index contributed by atoms with van der Waals surface area (Å²) in [5.74, 6) is 0.199. The third-order valence-electron chi connectivity index (χ3n) is 3.59. The Morgan fingerprint density at radius 2 is 2.17 bits per heavy atom. The standard InChI is InChI=1S/C14H21N3O/c1-14(2)9-12(15)10-17(14)13(18)4-3-11-5-7-16-8-6-11/h5-8,12H,3-4,9-10,15H2,1-2H3. The molecule has 1 unspecified atom stereocenters. The van der Waals surface area contributed by atoms with Crippen LogP contribution in [0.3, 0.4) is 0 Å². The lowest BCUT2D eigenvalue weighted by Crippen LogP contribution is -2.42. The normalized spacial score (nSPS) is 22.2. The highest BCUT2D eigenvalue weighted by Gasteiger charge is 2.39. The van der Waals surface area contributed by atoms with Crippen molar-refractivity contribution in [3.63, 3.8) is 0 Å². The minimum atomic E-state index is -0.102. The van der Waals surface area contributed by atoms with Crippen LogP contribution in [0, 0.1) is 0 Å². The Kier molecular flexibility index (Phi) is 3.66. The SMILES string of the molecule is CC1(C)CC(N)CN1C(=O)CCc1ccncc1. The van der Waals surface area contributed by atoms with Crippen molar-refractivity contribution in [1.82, 2.24) is 9.88 Å². The van der Waals surface area contributed by atoms with Crippen LogP contribution in [-0.4, -0.2) is 33.9 Å². The van der Waals surface area contributed by atoms with E-state index in [0.717, 1.165) is 18.4 Å². The molecule has 2 heterocycles. The van der Waals surface area contributed by atoms with Gasteiger partial charge in [-0.05, 0) is 44.4 Å². The molecule has 0 aliphatic carbocycles. The molecular weight excluding hydrogens is 226 g/mol. The molecule has 1 atom stereocenters. The molecule has 18 heavy (non-hydrogen) atoms. The molecule has 1 aromatic rings. The fraction of sp³-hybridized carbons (Fsp3) is 0.571. The zero-order valence-corrected chi connectivity index (χ0v) is 11.1. The summed E-state index contributed by atoms with van der Waals surface area (Å²) in [7, 11) is 0. The lowest BCUT2D eigenvalue weighted by Gasteiger charge is -2.31. The first-order valence-electron chi connectivity index (χ1n) is 6.44. The molecule has 1 aliphatic heterocycles. The molecule has 1 aliphatic rings. The molecule has 2 rings (SSSR count). The van der Waals surface area contributed by atoms with Crippen molar-refractivity contribution in [3.8, 4) is 0 Å². The van der Waals surface area contributed by atoms with E-state index >= 15 is 0 Å². The summed E-state index contributed by atoms with van der Waals surface area (Å²) in [5, 5.41) is 0. The van der Waals surface area contributed by atoms with Gasteiger partial charge in [-0.15, -0.1) is 0 Å². The van der Waals surface area contributed by atoms with Gasteiger partial charge in [-0.25, -0.2) is 0 Å². The van der Waals surface area contributed by atoms with Crippen LogP contribution >= 0.6 is 0 Å². The summed E-state index contributed by atoms with van der Waals surface area (Å²) in [5.41, 5.74) is 6.99. The number of pyridine rings is 1. The third kappa shape index (κ3) is 2.88. The van der Waals surface area contributed by atoms with Crippen molar-refractivity contribution in [3.05, 3.63) is 30.1 Å². The highest BCUT2D eigenvalue weighted by molar-refractivity contribution is 5.77. The highest BCUT2D eigenvalue weighted by Crippen LogP contribution is 2.28. The number of carbonyl (C=O) groups is 1. The molecule has 4 heteroatoms. The number of hydrogen-bond donors (Lipinski definition) is 1. The number of aromatic nitrogens is 1. The Balaban J connectivity index is 1.93. The van der Waals surface area contributed by atoms with Gasteiger partial charge < -0.3 is 10.6 Å². The van der Waals surface area contributed by atoms with Crippen molar-refractivity contribution in [2.24, 2.45) is 5.73 Å². The van der Waals surface area contributed by atoms with Gasteiger partial charge in [-0.3, -0.25) is 9.78 Å². The second kappa shape index (κ2) is 5.06. The summed E-state index contributed by atoms with van der Waals surface area (Å²) in [6, 6.07) is 4.02. The quantitative estimate of drug-likeness (QED) is 0.877. The van der Waals surface area contributed by atoms with Crippen LogP contribution in [0.2, 0.25) is 0 Å². The van der Waals surface area contributed by atoms with Crippen molar-refractivity contribution in [2.45, 2.75) is 44.7 Å². The number of aryl methyl sites for hydroxylation is 1. The Hall–Kier alpha value is -1.42. The summed E-state index contributed by atoms with van der Waals surface area (Å²) < 4.78 is 0. The molecule has 0 radical (unpaired) electrons. The van der Waals surface area contributed by atoms with E-state index in [1.165, 1.54) is 0 Å². The Morgan fingerprint density at radius 1 is 1.50 bits per heavy atom. The van der Waals surface area contributed by atoms with Crippen LogP contribution in [0.5, 0.6) is 0 Å². The predicted octanol–water partition coefficient (Wildman–Crippen LogP) is 1.35. The molecule has 4 nitrogen and oxygen atoms in total. The number of amides is 1. The second-order valence-corrected chi connectivity index (χ2v) is 5.64. The zero-order valence-electron chi connectivity index (χ0n) is 11.1. The van der Waals surface area contributed by atoms with Crippen molar-refractivity contribution < 1.29 is 4.79 Å². The average Bonchev–Trinajstić information content (AvgIpc) is 2.61. The fourth-order valence-electron chi connectivity index (χ4n) is 2.67. The monoisotopic (exact) mass is 247 g/mol. The molecule has 1 saturated heterocycles. The highest BCUT2D eigenvalue weighted by atomic mass is 16.2. The molecule has 1 fully saturated rings. The topological polar surface area (TPSA) is 59.2 Å². The van der Waals surface area contributed by atoms with Gasteiger partial charge in [0, 0.05) is 36.9 Å². The Morgan fingerprint density at radius 3 is 2.72 bits per heavy atom. The molecule has 1 amide bonds. The predicted molar refractivity (Wildman–Crippen MR) is 70.9 cm³/mol. The molecule has 0 spiro atoms. The molecule has 98 valence electrons. The molecule has 2 N–H and O–H groups in total. The van der Waals surface area contributed by atoms with E-state index in [1.54, 1.807) is 12.4 Å². The number of nitrogens with zero attached hydrogens (tertiary/aromatic N) is 2. The summed E-state index contributed by atoms with van der Waals surface area (Å²) >= 11 is 0. The van der Waals surface area contributed by atoms with Gasteiger partial charge in [-0.1, -0.05) is 0 Å². The van der Waals surface area contributed by atoms with Crippen LogP contribution in [-0.2, 0) is 11.2 Å². The molecule has 0 bridgehead atoms. The van der Waals surface area contributed by atoms with Crippen molar-refractivity contribution in [1.29, 1.82) is 0 Å².